The molecule has 0 aliphatic carbocycles. The minimum Gasteiger partial charge on any atom is -0.497 e. The number of ether oxygens (including phenoxy) is 1. The highest BCUT2D eigenvalue weighted by Gasteiger charge is 2.06. The van der Waals surface area contributed by atoms with Gasteiger partial charge in [0, 0.05) is 36.5 Å². The van der Waals surface area contributed by atoms with Gasteiger partial charge in [-0.1, -0.05) is 17.7 Å². The summed E-state index contributed by atoms with van der Waals surface area (Å²) in [5.41, 5.74) is 2.21. The van der Waals surface area contributed by atoms with E-state index in [-0.39, 0.29) is 0 Å². The first-order valence-electron chi connectivity index (χ1n) is 8.23. The molecule has 1 aromatic heterocycles. The molecule has 1 heterocycles. The summed E-state index contributed by atoms with van der Waals surface area (Å²) in [5, 5.41) is 8.49. The molecule has 7 heteroatoms. The van der Waals surface area contributed by atoms with Crippen molar-refractivity contribution < 1.29 is 4.74 Å². The molecule has 2 aromatic rings. The molecule has 0 amide bonds. The maximum absolute atomic E-state index is 6.27. The number of aryl methyl sites for hydroxylation is 2. The van der Waals surface area contributed by atoms with E-state index < -0.39 is 0 Å². The van der Waals surface area contributed by atoms with Crippen LogP contribution in [0.5, 0.6) is 5.75 Å². The SMILES string of the molecule is CN=C(NCCc1ccc(OC)cc1Cl)NCCc1sc(C)nc1C. The lowest BCUT2D eigenvalue weighted by atomic mass is 10.1. The van der Waals surface area contributed by atoms with E-state index in [2.05, 4.69) is 27.5 Å². The quantitative estimate of drug-likeness (QED) is 0.571. The largest absolute Gasteiger partial charge is 0.497 e. The van der Waals surface area contributed by atoms with E-state index in [1.807, 2.05) is 25.1 Å². The molecule has 0 radical (unpaired) electrons. The zero-order valence-corrected chi connectivity index (χ0v) is 16.7. The molecule has 0 bridgehead atoms. The van der Waals surface area contributed by atoms with Crippen LogP contribution in [0.15, 0.2) is 23.2 Å². The lowest BCUT2D eigenvalue weighted by Gasteiger charge is -2.12. The van der Waals surface area contributed by atoms with Gasteiger partial charge in [0.25, 0.3) is 0 Å². The Hall–Kier alpha value is -1.79. The zero-order chi connectivity index (χ0) is 18.2. The minimum absolute atomic E-state index is 0.722. The molecule has 2 N–H and O–H groups in total. The van der Waals surface area contributed by atoms with E-state index in [4.69, 9.17) is 16.3 Å². The van der Waals surface area contributed by atoms with Crippen LogP contribution >= 0.6 is 22.9 Å². The van der Waals surface area contributed by atoms with E-state index in [0.717, 1.165) is 58.9 Å². The first kappa shape index (κ1) is 19.5. The van der Waals surface area contributed by atoms with E-state index in [9.17, 15) is 0 Å². The smallest absolute Gasteiger partial charge is 0.190 e. The molecule has 0 saturated heterocycles. The minimum atomic E-state index is 0.722. The molecule has 1 aromatic carbocycles. The second-order valence-electron chi connectivity index (χ2n) is 5.62. The van der Waals surface area contributed by atoms with Crippen LogP contribution in [0.4, 0.5) is 0 Å². The molecule has 0 spiro atoms. The van der Waals surface area contributed by atoms with Crippen LogP contribution in [0.1, 0.15) is 21.1 Å². The molecule has 0 aliphatic heterocycles. The van der Waals surface area contributed by atoms with Gasteiger partial charge in [0.05, 0.1) is 17.8 Å². The molecule has 0 fully saturated rings. The summed E-state index contributed by atoms with van der Waals surface area (Å²) in [4.78, 5) is 10.0. The highest BCUT2D eigenvalue weighted by Crippen LogP contribution is 2.22. The van der Waals surface area contributed by atoms with Crippen LogP contribution in [0.2, 0.25) is 5.02 Å². The maximum atomic E-state index is 6.27. The predicted molar refractivity (Wildman–Crippen MR) is 106 cm³/mol. The van der Waals surface area contributed by atoms with E-state index >= 15 is 0 Å². The molecule has 0 unspecified atom stereocenters. The van der Waals surface area contributed by atoms with Crippen molar-refractivity contribution in [2.75, 3.05) is 27.2 Å². The van der Waals surface area contributed by atoms with Crippen LogP contribution in [-0.2, 0) is 12.8 Å². The summed E-state index contributed by atoms with van der Waals surface area (Å²) in [6, 6.07) is 5.75. The van der Waals surface area contributed by atoms with Gasteiger partial charge in [-0.2, -0.15) is 0 Å². The van der Waals surface area contributed by atoms with Crippen molar-refractivity contribution in [1.82, 2.24) is 15.6 Å². The second-order valence-corrected chi connectivity index (χ2v) is 7.32. The van der Waals surface area contributed by atoms with Crippen molar-refractivity contribution in [1.29, 1.82) is 0 Å². The van der Waals surface area contributed by atoms with Crippen molar-refractivity contribution in [3.8, 4) is 5.75 Å². The van der Waals surface area contributed by atoms with Gasteiger partial charge in [0.2, 0.25) is 0 Å². The monoisotopic (exact) mass is 380 g/mol. The second kappa shape index (κ2) is 9.63. The summed E-state index contributed by atoms with van der Waals surface area (Å²) in [7, 11) is 3.41. The third kappa shape index (κ3) is 5.90. The van der Waals surface area contributed by atoms with E-state index in [1.54, 1.807) is 25.5 Å². The normalized spacial score (nSPS) is 11.5. The molecular weight excluding hydrogens is 356 g/mol. The van der Waals surface area contributed by atoms with Crippen LogP contribution < -0.4 is 15.4 Å². The standard InChI is InChI=1S/C18H25ClN4OS/c1-12-17(25-13(2)23-12)8-10-22-18(20-3)21-9-7-14-5-6-15(24-4)11-16(14)19/h5-6,11H,7-10H2,1-4H3,(H2,20,21,22). The fourth-order valence-electron chi connectivity index (χ4n) is 2.49. The Kier molecular flexibility index (Phi) is 7.52. The van der Waals surface area contributed by atoms with Gasteiger partial charge in [0.1, 0.15) is 5.75 Å². The molecule has 136 valence electrons. The Morgan fingerprint density at radius 2 is 1.96 bits per heavy atom. The molecule has 5 nitrogen and oxygen atoms in total. The third-order valence-corrected chi connectivity index (χ3v) is 5.30. The van der Waals surface area contributed by atoms with Crippen LogP contribution in [0, 0.1) is 13.8 Å². The molecular formula is C18H25ClN4OS. The number of halogens is 1. The van der Waals surface area contributed by atoms with Gasteiger partial charge in [-0.05, 0) is 38.0 Å². The average molecular weight is 381 g/mol. The molecule has 0 atom stereocenters. The van der Waals surface area contributed by atoms with Gasteiger partial charge in [0.15, 0.2) is 5.96 Å². The first-order valence-corrected chi connectivity index (χ1v) is 9.42. The van der Waals surface area contributed by atoms with Crippen molar-refractivity contribution >= 4 is 28.9 Å². The highest BCUT2D eigenvalue weighted by atomic mass is 35.5. The Bertz CT molecular complexity index is 730. The van der Waals surface area contributed by atoms with Crippen LogP contribution in [0.3, 0.4) is 0 Å². The number of hydrogen-bond acceptors (Lipinski definition) is 4. The van der Waals surface area contributed by atoms with Crippen LogP contribution in [0.25, 0.3) is 0 Å². The fraction of sp³-hybridized carbons (Fsp3) is 0.444. The molecule has 0 saturated carbocycles. The summed E-state index contributed by atoms with van der Waals surface area (Å²) >= 11 is 8.02. The average Bonchev–Trinajstić information content (AvgIpc) is 2.92. The van der Waals surface area contributed by atoms with Crippen molar-refractivity contribution in [2.24, 2.45) is 4.99 Å². The number of methoxy groups -OCH3 is 1. The van der Waals surface area contributed by atoms with Gasteiger partial charge in [-0.25, -0.2) is 4.98 Å². The lowest BCUT2D eigenvalue weighted by Crippen LogP contribution is -2.39. The Morgan fingerprint density at radius 3 is 2.52 bits per heavy atom. The van der Waals surface area contributed by atoms with Gasteiger partial charge < -0.3 is 15.4 Å². The van der Waals surface area contributed by atoms with Gasteiger partial charge in [-0.3, -0.25) is 4.99 Å². The number of nitrogens with one attached hydrogen (secondary N) is 2. The molecule has 2 rings (SSSR count). The van der Waals surface area contributed by atoms with Crippen molar-refractivity contribution in [3.63, 3.8) is 0 Å². The zero-order valence-electron chi connectivity index (χ0n) is 15.1. The predicted octanol–water partition coefficient (Wildman–Crippen LogP) is 3.37. The topological polar surface area (TPSA) is 58.5 Å². The van der Waals surface area contributed by atoms with Gasteiger partial charge >= 0.3 is 0 Å². The third-order valence-electron chi connectivity index (χ3n) is 3.81. The van der Waals surface area contributed by atoms with E-state index in [1.165, 1.54) is 4.88 Å². The summed E-state index contributed by atoms with van der Waals surface area (Å²) in [6.07, 6.45) is 1.76. The summed E-state index contributed by atoms with van der Waals surface area (Å²) in [6.45, 7) is 5.68. The first-order chi connectivity index (χ1) is 12.0. The number of aromatic nitrogens is 1. The Morgan fingerprint density at radius 1 is 1.24 bits per heavy atom. The Balaban J connectivity index is 1.76. The van der Waals surface area contributed by atoms with Crippen LogP contribution in [-0.4, -0.2) is 38.2 Å². The number of nitrogens with zero attached hydrogens (tertiary/aromatic N) is 2. The number of aliphatic imine (C=N–C) groups is 1. The molecule has 0 aliphatic rings. The molecule has 25 heavy (non-hydrogen) atoms. The van der Waals surface area contributed by atoms with Crippen molar-refractivity contribution in [3.05, 3.63) is 44.4 Å². The van der Waals surface area contributed by atoms with Crippen molar-refractivity contribution in [2.45, 2.75) is 26.7 Å². The number of thiazole rings is 1. The van der Waals surface area contributed by atoms with Gasteiger partial charge in [-0.15, -0.1) is 11.3 Å². The number of rotatable bonds is 7. The number of benzene rings is 1. The number of guanidine groups is 1. The number of hydrogen-bond donors (Lipinski definition) is 2. The van der Waals surface area contributed by atoms with E-state index in [0.29, 0.717) is 0 Å². The summed E-state index contributed by atoms with van der Waals surface area (Å²) in [5.74, 6) is 1.57. The highest BCUT2D eigenvalue weighted by molar-refractivity contribution is 7.11. The summed E-state index contributed by atoms with van der Waals surface area (Å²) < 4.78 is 5.17. The fourth-order valence-corrected chi connectivity index (χ4v) is 3.70. The lowest BCUT2D eigenvalue weighted by molar-refractivity contribution is 0.414. The maximum Gasteiger partial charge on any atom is 0.190 e. The Labute approximate surface area is 158 Å².